The van der Waals surface area contributed by atoms with Gasteiger partial charge in [0.25, 0.3) is 0 Å². The van der Waals surface area contributed by atoms with Gasteiger partial charge in [0.15, 0.2) is 0 Å². The lowest BCUT2D eigenvalue weighted by molar-refractivity contribution is -0.129. The monoisotopic (exact) mass is 525 g/mol. The average Bonchev–Trinajstić information content (AvgIpc) is 3.38. The average molecular weight is 526 g/mol. The molecule has 2 aliphatic rings. The van der Waals surface area contributed by atoms with Gasteiger partial charge in [0.1, 0.15) is 17.7 Å². The van der Waals surface area contributed by atoms with E-state index in [1.807, 2.05) is 29.2 Å². The number of anilines is 2. The Kier molecular flexibility index (Phi) is 8.16. The van der Waals surface area contributed by atoms with Crippen molar-refractivity contribution in [1.29, 1.82) is 0 Å². The number of nitrogens with one attached hydrogen (secondary N) is 2. The lowest BCUT2D eigenvalue weighted by atomic mass is 9.92. The zero-order valence-corrected chi connectivity index (χ0v) is 22.3. The van der Waals surface area contributed by atoms with Crippen molar-refractivity contribution in [2.45, 2.75) is 51.6 Å². The first-order valence-electron chi connectivity index (χ1n) is 13.7. The van der Waals surface area contributed by atoms with E-state index in [0.717, 1.165) is 48.4 Å². The molecule has 1 heterocycles. The van der Waals surface area contributed by atoms with Crippen LogP contribution in [0.4, 0.5) is 11.4 Å². The number of hydrogen-bond donors (Lipinski definition) is 3. The maximum atomic E-state index is 13.0. The smallest absolute Gasteiger partial charge is 0.335 e. The van der Waals surface area contributed by atoms with E-state index in [-0.39, 0.29) is 17.6 Å². The number of rotatable bonds is 10. The summed E-state index contributed by atoms with van der Waals surface area (Å²) in [6.45, 7) is 3.35. The number of carbonyl (C=O) groups is 2. The van der Waals surface area contributed by atoms with Crippen LogP contribution >= 0.6 is 0 Å². The van der Waals surface area contributed by atoms with Gasteiger partial charge in [-0.25, -0.2) is 4.79 Å². The highest BCUT2D eigenvalue weighted by Crippen LogP contribution is 2.31. The SMILES string of the molecule is CCc1ccccc1NC(Nc1ccc(CC(=O)N2CCC(Oc3ccc(C(=O)O)cc3)C2)cc1)=C1CCC1. The van der Waals surface area contributed by atoms with Crippen molar-refractivity contribution in [3.05, 3.63) is 101 Å². The Hall–Kier alpha value is -4.26. The van der Waals surface area contributed by atoms with Crippen LogP contribution in [0.2, 0.25) is 0 Å². The predicted molar refractivity (Wildman–Crippen MR) is 153 cm³/mol. The summed E-state index contributed by atoms with van der Waals surface area (Å²) in [4.78, 5) is 25.8. The van der Waals surface area contributed by atoms with E-state index < -0.39 is 5.97 Å². The first-order valence-corrected chi connectivity index (χ1v) is 13.7. The van der Waals surface area contributed by atoms with Gasteiger partial charge in [-0.1, -0.05) is 37.3 Å². The number of allylic oxidation sites excluding steroid dienone is 1. The highest BCUT2D eigenvalue weighted by Gasteiger charge is 2.27. The Balaban J connectivity index is 1.15. The molecule has 0 radical (unpaired) electrons. The van der Waals surface area contributed by atoms with Crippen molar-refractivity contribution in [2.24, 2.45) is 0 Å². The van der Waals surface area contributed by atoms with Crippen LogP contribution in [0.1, 0.15) is 54.1 Å². The van der Waals surface area contributed by atoms with Crippen LogP contribution in [0.15, 0.2) is 84.2 Å². The van der Waals surface area contributed by atoms with E-state index in [2.05, 4.69) is 41.8 Å². The topological polar surface area (TPSA) is 90.9 Å². The number of aromatic carboxylic acids is 1. The number of carboxylic acids is 1. The molecule has 7 nitrogen and oxygen atoms in total. The molecule has 2 fully saturated rings. The van der Waals surface area contributed by atoms with E-state index in [9.17, 15) is 9.59 Å². The molecule has 1 saturated carbocycles. The molecule has 1 aliphatic carbocycles. The van der Waals surface area contributed by atoms with E-state index in [1.165, 1.54) is 29.7 Å². The second kappa shape index (κ2) is 12.1. The fourth-order valence-electron chi connectivity index (χ4n) is 4.95. The van der Waals surface area contributed by atoms with Crippen LogP contribution in [-0.4, -0.2) is 41.1 Å². The summed E-state index contributed by atoms with van der Waals surface area (Å²) in [5.41, 5.74) is 6.02. The zero-order valence-electron chi connectivity index (χ0n) is 22.3. The second-order valence-corrected chi connectivity index (χ2v) is 10.2. The predicted octanol–water partition coefficient (Wildman–Crippen LogP) is 6.09. The number of carboxylic acid groups (broad SMARTS) is 1. The molecule has 1 aliphatic heterocycles. The van der Waals surface area contributed by atoms with Crippen LogP contribution in [0.5, 0.6) is 5.75 Å². The lowest BCUT2D eigenvalue weighted by Gasteiger charge is -2.25. The Morgan fingerprint density at radius 2 is 1.72 bits per heavy atom. The van der Waals surface area contributed by atoms with Gasteiger partial charge in [0.2, 0.25) is 5.91 Å². The largest absolute Gasteiger partial charge is 0.489 e. The Labute approximate surface area is 229 Å². The van der Waals surface area contributed by atoms with Crippen molar-refractivity contribution in [1.82, 2.24) is 4.90 Å². The van der Waals surface area contributed by atoms with Crippen molar-refractivity contribution >= 4 is 23.3 Å². The molecule has 39 heavy (non-hydrogen) atoms. The number of carbonyl (C=O) groups excluding carboxylic acids is 1. The first kappa shape index (κ1) is 26.4. The van der Waals surface area contributed by atoms with Gasteiger partial charge < -0.3 is 25.4 Å². The standard InChI is InChI=1S/C32H35N3O4/c1-2-23-6-3-4-9-29(23)34-31(24-7-5-8-24)33-26-14-10-22(11-15-26)20-30(36)35-19-18-28(21-35)39-27-16-12-25(13-17-27)32(37)38/h3-4,6,9-17,28,33-34H,2,5,7-8,18-21H2,1H3,(H,37,38). The molecule has 7 heteroatoms. The van der Waals surface area contributed by atoms with Crippen LogP contribution < -0.4 is 15.4 Å². The molecule has 3 aromatic carbocycles. The van der Waals surface area contributed by atoms with Crippen LogP contribution in [-0.2, 0) is 17.6 Å². The van der Waals surface area contributed by atoms with Crippen LogP contribution in [0, 0.1) is 0 Å². The highest BCUT2D eigenvalue weighted by molar-refractivity contribution is 5.87. The van der Waals surface area contributed by atoms with Gasteiger partial charge in [-0.3, -0.25) is 4.79 Å². The molecule has 1 unspecified atom stereocenters. The van der Waals surface area contributed by atoms with Crippen molar-refractivity contribution in [2.75, 3.05) is 23.7 Å². The fourth-order valence-corrected chi connectivity index (χ4v) is 4.95. The van der Waals surface area contributed by atoms with Gasteiger partial charge in [-0.15, -0.1) is 0 Å². The molecule has 1 amide bonds. The summed E-state index contributed by atoms with van der Waals surface area (Å²) in [7, 11) is 0. The molecular weight excluding hydrogens is 490 g/mol. The second-order valence-electron chi connectivity index (χ2n) is 10.2. The maximum Gasteiger partial charge on any atom is 0.335 e. The summed E-state index contributed by atoms with van der Waals surface area (Å²) < 4.78 is 5.98. The summed E-state index contributed by atoms with van der Waals surface area (Å²) in [5, 5.41) is 16.3. The van der Waals surface area contributed by atoms with Crippen LogP contribution in [0.25, 0.3) is 0 Å². The highest BCUT2D eigenvalue weighted by atomic mass is 16.5. The Morgan fingerprint density at radius 3 is 2.38 bits per heavy atom. The molecular formula is C32H35N3O4. The van der Waals surface area contributed by atoms with Crippen molar-refractivity contribution in [3.63, 3.8) is 0 Å². The molecule has 0 aromatic heterocycles. The number of hydrogen-bond acceptors (Lipinski definition) is 5. The van der Waals surface area contributed by atoms with Crippen molar-refractivity contribution in [3.8, 4) is 5.75 Å². The van der Waals surface area contributed by atoms with Gasteiger partial charge >= 0.3 is 5.97 Å². The van der Waals surface area contributed by atoms with E-state index in [0.29, 0.717) is 25.3 Å². The Morgan fingerprint density at radius 1 is 0.974 bits per heavy atom. The summed E-state index contributed by atoms with van der Waals surface area (Å²) >= 11 is 0. The summed E-state index contributed by atoms with van der Waals surface area (Å²) in [6.07, 6.45) is 5.39. The van der Waals surface area contributed by atoms with E-state index in [1.54, 1.807) is 12.1 Å². The minimum atomic E-state index is -0.965. The number of amides is 1. The molecule has 0 bridgehead atoms. The summed E-state index contributed by atoms with van der Waals surface area (Å²) in [5.74, 6) is 0.796. The normalized spacial score (nSPS) is 16.4. The molecule has 1 atom stereocenters. The van der Waals surface area contributed by atoms with Gasteiger partial charge in [-0.05, 0) is 84.8 Å². The molecule has 202 valence electrons. The molecule has 3 N–H and O–H groups in total. The van der Waals surface area contributed by atoms with Gasteiger partial charge in [-0.2, -0.15) is 0 Å². The molecule has 0 spiro atoms. The van der Waals surface area contributed by atoms with E-state index >= 15 is 0 Å². The third-order valence-electron chi connectivity index (χ3n) is 7.45. The third kappa shape index (κ3) is 6.60. The quantitative estimate of drug-likeness (QED) is 0.297. The number of nitrogens with zero attached hydrogens (tertiary/aromatic N) is 1. The zero-order chi connectivity index (χ0) is 27.2. The molecule has 5 rings (SSSR count). The summed E-state index contributed by atoms with van der Waals surface area (Å²) in [6, 6.07) is 22.9. The number of likely N-dealkylation sites (tertiary alicyclic amines) is 1. The Bertz CT molecular complexity index is 1340. The van der Waals surface area contributed by atoms with E-state index in [4.69, 9.17) is 9.84 Å². The van der Waals surface area contributed by atoms with Gasteiger partial charge in [0, 0.05) is 24.3 Å². The molecule has 3 aromatic rings. The minimum Gasteiger partial charge on any atom is -0.489 e. The lowest BCUT2D eigenvalue weighted by Crippen LogP contribution is -2.32. The third-order valence-corrected chi connectivity index (χ3v) is 7.45. The van der Waals surface area contributed by atoms with Crippen molar-refractivity contribution < 1.29 is 19.4 Å². The number of ether oxygens (including phenoxy) is 1. The molecule has 1 saturated heterocycles. The van der Waals surface area contributed by atoms with Gasteiger partial charge in [0.05, 0.1) is 18.5 Å². The number of para-hydroxylation sites is 1. The maximum absolute atomic E-state index is 13.0. The number of benzene rings is 3. The first-order chi connectivity index (χ1) is 19.0. The number of aryl methyl sites for hydroxylation is 1. The van der Waals surface area contributed by atoms with Crippen LogP contribution in [0.3, 0.4) is 0 Å². The minimum absolute atomic E-state index is 0.0816. The fraction of sp³-hybridized carbons (Fsp3) is 0.312.